The predicted octanol–water partition coefficient (Wildman–Crippen LogP) is 2.28. The van der Waals surface area contributed by atoms with Crippen molar-refractivity contribution in [2.75, 3.05) is 39.9 Å². The van der Waals surface area contributed by atoms with Crippen LogP contribution in [0, 0.1) is 5.41 Å². The highest BCUT2D eigenvalue weighted by Crippen LogP contribution is 2.29. The molecule has 0 radical (unpaired) electrons. The van der Waals surface area contributed by atoms with Gasteiger partial charge in [0.15, 0.2) is 0 Å². The minimum absolute atomic E-state index is 0.0485. The van der Waals surface area contributed by atoms with E-state index in [9.17, 15) is 13.2 Å². The van der Waals surface area contributed by atoms with Crippen LogP contribution >= 0.6 is 0 Å². The lowest BCUT2D eigenvalue weighted by molar-refractivity contribution is -0.138. The Morgan fingerprint density at radius 2 is 2.05 bits per heavy atom. The van der Waals surface area contributed by atoms with Crippen molar-refractivity contribution in [1.82, 2.24) is 10.2 Å². The first-order chi connectivity index (χ1) is 8.72. The van der Waals surface area contributed by atoms with Crippen LogP contribution in [-0.4, -0.2) is 57.0 Å². The Labute approximate surface area is 113 Å². The van der Waals surface area contributed by atoms with Crippen LogP contribution in [0.2, 0.25) is 0 Å². The van der Waals surface area contributed by atoms with Crippen molar-refractivity contribution in [3.63, 3.8) is 0 Å². The molecule has 19 heavy (non-hydrogen) atoms. The summed E-state index contributed by atoms with van der Waals surface area (Å²) in [5.74, 6) is 0. The van der Waals surface area contributed by atoms with Gasteiger partial charge in [0.1, 0.15) is 0 Å². The molecule has 1 N–H and O–H groups in total. The molecule has 0 amide bonds. The van der Waals surface area contributed by atoms with Crippen LogP contribution in [-0.2, 0) is 4.74 Å². The van der Waals surface area contributed by atoms with Gasteiger partial charge in [-0.2, -0.15) is 13.2 Å². The largest absolute Gasteiger partial charge is 0.390 e. The normalized spacial score (nSPS) is 24.6. The van der Waals surface area contributed by atoms with E-state index in [4.69, 9.17) is 4.74 Å². The molecule has 0 aromatic heterocycles. The zero-order valence-electron chi connectivity index (χ0n) is 12.0. The van der Waals surface area contributed by atoms with Gasteiger partial charge >= 0.3 is 6.18 Å². The average Bonchev–Trinajstić information content (AvgIpc) is 2.72. The highest BCUT2D eigenvalue weighted by Gasteiger charge is 2.36. The predicted molar refractivity (Wildman–Crippen MR) is 69.2 cm³/mol. The second-order valence-electron chi connectivity index (χ2n) is 5.94. The Morgan fingerprint density at radius 3 is 2.53 bits per heavy atom. The van der Waals surface area contributed by atoms with Crippen LogP contribution in [0.3, 0.4) is 0 Å². The molecule has 0 bridgehead atoms. The molecule has 0 aromatic rings. The third-order valence-corrected chi connectivity index (χ3v) is 3.45. The number of rotatable bonds is 7. The summed E-state index contributed by atoms with van der Waals surface area (Å²) in [6.07, 6.45) is -3.93. The fourth-order valence-corrected chi connectivity index (χ4v) is 2.36. The van der Waals surface area contributed by atoms with Crippen molar-refractivity contribution < 1.29 is 17.9 Å². The molecule has 1 atom stereocenters. The molecule has 6 heteroatoms. The molecule has 0 aromatic carbocycles. The van der Waals surface area contributed by atoms with Crippen molar-refractivity contribution in [2.24, 2.45) is 5.41 Å². The first-order valence-electron chi connectivity index (χ1n) is 6.79. The van der Waals surface area contributed by atoms with Crippen molar-refractivity contribution in [1.29, 1.82) is 0 Å². The first kappa shape index (κ1) is 16.7. The van der Waals surface area contributed by atoms with Gasteiger partial charge in [-0.1, -0.05) is 13.8 Å². The number of nitrogens with one attached hydrogen (secondary N) is 1. The van der Waals surface area contributed by atoms with Crippen LogP contribution in [0.15, 0.2) is 0 Å². The molecule has 1 unspecified atom stereocenters. The van der Waals surface area contributed by atoms with Crippen LogP contribution in [0.1, 0.15) is 26.7 Å². The zero-order chi connectivity index (χ0) is 14.5. The molecule has 0 spiro atoms. The molecule has 3 nitrogen and oxygen atoms in total. The lowest BCUT2D eigenvalue weighted by atomic mass is 9.86. The topological polar surface area (TPSA) is 24.5 Å². The standard InChI is InChI=1S/C13H25F3N2O/c1-11(2)17-8-12(5-7-19-10-12)9-18(3)6-4-13(14,15)16/h11,17H,4-10H2,1-3H3. The van der Waals surface area contributed by atoms with E-state index in [1.807, 2.05) is 0 Å². The highest BCUT2D eigenvalue weighted by molar-refractivity contribution is 4.88. The van der Waals surface area contributed by atoms with Crippen molar-refractivity contribution in [3.8, 4) is 0 Å². The maximum Gasteiger partial charge on any atom is 0.390 e. The first-order valence-corrected chi connectivity index (χ1v) is 6.79. The molecule has 1 aliphatic heterocycles. The number of halogens is 3. The number of hydrogen-bond acceptors (Lipinski definition) is 3. The molecule has 1 fully saturated rings. The summed E-state index contributed by atoms with van der Waals surface area (Å²) < 4.78 is 42.1. The van der Waals surface area contributed by atoms with Crippen molar-refractivity contribution in [2.45, 2.75) is 38.9 Å². The van der Waals surface area contributed by atoms with Gasteiger partial charge in [-0.25, -0.2) is 0 Å². The van der Waals surface area contributed by atoms with Gasteiger partial charge in [0.2, 0.25) is 0 Å². The van der Waals surface area contributed by atoms with Crippen LogP contribution < -0.4 is 5.32 Å². The Bertz CT molecular complexity index is 263. The Kier molecular flexibility index (Phi) is 6.08. The lowest BCUT2D eigenvalue weighted by Gasteiger charge is -2.33. The second kappa shape index (κ2) is 6.90. The minimum Gasteiger partial charge on any atom is -0.381 e. The summed E-state index contributed by atoms with van der Waals surface area (Å²) >= 11 is 0. The molecule has 1 saturated heterocycles. The van der Waals surface area contributed by atoms with Crippen molar-refractivity contribution in [3.05, 3.63) is 0 Å². The Hall–Kier alpha value is -0.330. The van der Waals surface area contributed by atoms with Crippen LogP contribution in [0.4, 0.5) is 13.2 Å². The summed E-state index contributed by atoms with van der Waals surface area (Å²) in [6.45, 7) is 6.94. The van der Waals surface area contributed by atoms with Gasteiger partial charge in [-0.15, -0.1) is 0 Å². The van der Waals surface area contributed by atoms with Gasteiger partial charge in [0.05, 0.1) is 13.0 Å². The van der Waals surface area contributed by atoms with E-state index in [0.29, 0.717) is 25.8 Å². The molecule has 0 aliphatic carbocycles. The molecule has 114 valence electrons. The smallest absolute Gasteiger partial charge is 0.381 e. The minimum atomic E-state index is -4.08. The SMILES string of the molecule is CC(C)NCC1(CN(C)CCC(F)(F)F)CCOC1. The van der Waals surface area contributed by atoms with E-state index in [1.165, 1.54) is 0 Å². The highest BCUT2D eigenvalue weighted by atomic mass is 19.4. The number of alkyl halides is 3. The van der Waals surface area contributed by atoms with Crippen molar-refractivity contribution >= 4 is 0 Å². The zero-order valence-corrected chi connectivity index (χ0v) is 12.0. The van der Waals surface area contributed by atoms with Crippen LogP contribution in [0.5, 0.6) is 0 Å². The van der Waals surface area contributed by atoms with Gasteiger partial charge < -0.3 is 15.0 Å². The average molecular weight is 282 g/mol. The Morgan fingerprint density at radius 1 is 1.37 bits per heavy atom. The monoisotopic (exact) mass is 282 g/mol. The Balaban J connectivity index is 2.44. The van der Waals surface area contributed by atoms with E-state index in [0.717, 1.165) is 13.0 Å². The molecule has 1 heterocycles. The lowest BCUT2D eigenvalue weighted by Crippen LogP contribution is -2.45. The van der Waals surface area contributed by atoms with Gasteiger partial charge in [0.25, 0.3) is 0 Å². The summed E-state index contributed by atoms with van der Waals surface area (Å²) in [6, 6.07) is 0.373. The molecular formula is C13H25F3N2O. The molecular weight excluding hydrogens is 257 g/mol. The maximum atomic E-state index is 12.2. The number of hydrogen-bond donors (Lipinski definition) is 1. The maximum absolute atomic E-state index is 12.2. The van der Waals surface area contributed by atoms with E-state index in [2.05, 4.69) is 19.2 Å². The van der Waals surface area contributed by atoms with Crippen LogP contribution in [0.25, 0.3) is 0 Å². The summed E-state index contributed by atoms with van der Waals surface area (Å²) in [4.78, 5) is 1.77. The van der Waals surface area contributed by atoms with E-state index < -0.39 is 12.6 Å². The second-order valence-corrected chi connectivity index (χ2v) is 5.94. The van der Waals surface area contributed by atoms with Gasteiger partial charge in [-0.3, -0.25) is 0 Å². The fourth-order valence-electron chi connectivity index (χ4n) is 2.36. The summed E-state index contributed by atoms with van der Waals surface area (Å²) in [7, 11) is 1.75. The third kappa shape index (κ3) is 6.58. The fraction of sp³-hybridized carbons (Fsp3) is 1.00. The molecule has 0 saturated carbocycles. The molecule has 1 rings (SSSR count). The summed E-state index contributed by atoms with van der Waals surface area (Å²) in [5.41, 5.74) is -0.0510. The quantitative estimate of drug-likeness (QED) is 0.775. The number of ether oxygens (including phenoxy) is 1. The third-order valence-electron chi connectivity index (χ3n) is 3.45. The van der Waals surface area contributed by atoms with E-state index >= 15 is 0 Å². The molecule has 1 aliphatic rings. The van der Waals surface area contributed by atoms with Gasteiger partial charge in [-0.05, 0) is 13.5 Å². The number of nitrogens with zero attached hydrogens (tertiary/aromatic N) is 1. The van der Waals surface area contributed by atoms with Gasteiger partial charge in [0, 0.05) is 37.7 Å². The van der Waals surface area contributed by atoms with E-state index in [-0.39, 0.29) is 12.0 Å². The summed E-state index contributed by atoms with van der Waals surface area (Å²) in [5, 5.41) is 3.38. The van der Waals surface area contributed by atoms with E-state index in [1.54, 1.807) is 11.9 Å².